The second-order valence-corrected chi connectivity index (χ2v) is 10.6. The summed E-state index contributed by atoms with van der Waals surface area (Å²) in [7, 11) is 0. The molecule has 1 aliphatic rings. The van der Waals surface area contributed by atoms with Crippen molar-refractivity contribution in [2.45, 2.75) is 52.3 Å². The van der Waals surface area contributed by atoms with Crippen LogP contribution in [0, 0.1) is 5.41 Å². The molecule has 0 saturated carbocycles. The summed E-state index contributed by atoms with van der Waals surface area (Å²) in [6, 6.07) is 16.1. The molecule has 2 amide bonds. The number of carbonyl (C=O) groups excluding carboxylic acids is 2. The summed E-state index contributed by atoms with van der Waals surface area (Å²) in [5, 5.41) is 2.88. The van der Waals surface area contributed by atoms with E-state index in [1.165, 1.54) is 5.56 Å². The SMILES string of the molecule is CC(C)(C)C(=O)Nc1cccc([C@H]2SCC(=O)N2c2ccc(C(C)(C)C)cc2)c1. The van der Waals surface area contributed by atoms with E-state index in [4.69, 9.17) is 0 Å². The van der Waals surface area contributed by atoms with Crippen LogP contribution in [0.5, 0.6) is 0 Å². The van der Waals surface area contributed by atoms with Gasteiger partial charge in [0.1, 0.15) is 5.37 Å². The Morgan fingerprint density at radius 2 is 1.69 bits per heavy atom. The molecule has 1 N–H and O–H groups in total. The van der Waals surface area contributed by atoms with E-state index in [-0.39, 0.29) is 22.6 Å². The zero-order chi connectivity index (χ0) is 21.4. The van der Waals surface area contributed by atoms with Gasteiger partial charge >= 0.3 is 0 Å². The molecule has 1 heterocycles. The second kappa shape index (κ2) is 7.86. The lowest BCUT2D eigenvalue weighted by atomic mass is 9.87. The monoisotopic (exact) mass is 410 g/mol. The van der Waals surface area contributed by atoms with Gasteiger partial charge in [0, 0.05) is 16.8 Å². The number of carbonyl (C=O) groups is 2. The van der Waals surface area contributed by atoms with Crippen molar-refractivity contribution < 1.29 is 9.59 Å². The summed E-state index contributed by atoms with van der Waals surface area (Å²) in [6.07, 6.45) is 0. The van der Waals surface area contributed by atoms with Crippen molar-refractivity contribution in [3.8, 4) is 0 Å². The van der Waals surface area contributed by atoms with E-state index >= 15 is 0 Å². The number of thioether (sulfide) groups is 1. The van der Waals surface area contributed by atoms with Gasteiger partial charge in [-0.3, -0.25) is 14.5 Å². The van der Waals surface area contributed by atoms with Crippen LogP contribution in [0.1, 0.15) is 58.0 Å². The summed E-state index contributed by atoms with van der Waals surface area (Å²) in [6.45, 7) is 12.2. The summed E-state index contributed by atoms with van der Waals surface area (Å²) in [4.78, 5) is 26.9. The quantitative estimate of drug-likeness (QED) is 0.701. The fourth-order valence-electron chi connectivity index (χ4n) is 3.16. The van der Waals surface area contributed by atoms with E-state index in [1.807, 2.05) is 62.1 Å². The number of nitrogens with one attached hydrogen (secondary N) is 1. The minimum atomic E-state index is -0.463. The molecule has 0 spiro atoms. The van der Waals surface area contributed by atoms with Crippen LogP contribution in [-0.2, 0) is 15.0 Å². The highest BCUT2D eigenvalue weighted by molar-refractivity contribution is 8.00. The zero-order valence-corrected chi connectivity index (χ0v) is 18.9. The fraction of sp³-hybridized carbons (Fsp3) is 0.417. The third-order valence-electron chi connectivity index (χ3n) is 4.99. The van der Waals surface area contributed by atoms with E-state index in [9.17, 15) is 9.59 Å². The molecule has 3 rings (SSSR count). The maximum absolute atomic E-state index is 12.7. The van der Waals surface area contributed by atoms with Gasteiger partial charge in [0.25, 0.3) is 0 Å². The third-order valence-corrected chi connectivity index (χ3v) is 6.20. The highest BCUT2D eigenvalue weighted by Gasteiger charge is 2.34. The van der Waals surface area contributed by atoms with Crippen molar-refractivity contribution in [2.75, 3.05) is 16.0 Å². The van der Waals surface area contributed by atoms with Crippen molar-refractivity contribution in [3.05, 3.63) is 59.7 Å². The minimum Gasteiger partial charge on any atom is -0.326 e. The molecule has 2 aromatic rings. The Kier molecular flexibility index (Phi) is 5.81. The van der Waals surface area contributed by atoms with Crippen LogP contribution in [-0.4, -0.2) is 17.6 Å². The number of anilines is 2. The average Bonchev–Trinajstić information content (AvgIpc) is 3.02. The first-order chi connectivity index (χ1) is 13.5. The Labute approximate surface area is 178 Å². The molecule has 2 aromatic carbocycles. The Bertz CT molecular complexity index is 908. The molecular weight excluding hydrogens is 380 g/mol. The van der Waals surface area contributed by atoms with Crippen LogP contribution in [0.15, 0.2) is 48.5 Å². The first kappa shape index (κ1) is 21.4. The molecule has 5 heteroatoms. The van der Waals surface area contributed by atoms with E-state index in [1.54, 1.807) is 11.8 Å². The van der Waals surface area contributed by atoms with Crippen LogP contribution in [0.2, 0.25) is 0 Å². The van der Waals surface area contributed by atoms with Gasteiger partial charge in [0.05, 0.1) is 5.75 Å². The van der Waals surface area contributed by atoms with Gasteiger partial charge in [-0.1, -0.05) is 65.8 Å². The normalized spacial score (nSPS) is 17.5. The molecule has 154 valence electrons. The van der Waals surface area contributed by atoms with E-state index in [0.29, 0.717) is 5.75 Å². The van der Waals surface area contributed by atoms with Gasteiger partial charge in [-0.2, -0.15) is 0 Å². The van der Waals surface area contributed by atoms with Crippen LogP contribution >= 0.6 is 11.8 Å². The van der Waals surface area contributed by atoms with Gasteiger partial charge < -0.3 is 5.32 Å². The molecule has 4 nitrogen and oxygen atoms in total. The number of hydrogen-bond acceptors (Lipinski definition) is 3. The number of nitrogens with zero attached hydrogens (tertiary/aromatic N) is 1. The fourth-order valence-corrected chi connectivity index (χ4v) is 4.33. The van der Waals surface area contributed by atoms with Gasteiger partial charge in [-0.25, -0.2) is 0 Å². The summed E-state index contributed by atoms with van der Waals surface area (Å²) < 4.78 is 0. The maximum Gasteiger partial charge on any atom is 0.238 e. The Hall–Kier alpha value is -2.27. The Morgan fingerprint density at radius 3 is 2.28 bits per heavy atom. The van der Waals surface area contributed by atoms with Gasteiger partial charge in [-0.15, -0.1) is 11.8 Å². The molecule has 0 unspecified atom stereocenters. The van der Waals surface area contributed by atoms with E-state index in [0.717, 1.165) is 16.9 Å². The zero-order valence-electron chi connectivity index (χ0n) is 18.1. The number of rotatable bonds is 3. The van der Waals surface area contributed by atoms with Crippen molar-refractivity contribution >= 4 is 35.0 Å². The molecule has 0 radical (unpaired) electrons. The largest absolute Gasteiger partial charge is 0.326 e. The molecular formula is C24H30N2O2S. The summed E-state index contributed by atoms with van der Waals surface area (Å²) >= 11 is 1.61. The van der Waals surface area contributed by atoms with Gasteiger partial charge in [0.15, 0.2) is 0 Å². The topological polar surface area (TPSA) is 49.4 Å². The molecule has 1 atom stereocenters. The van der Waals surface area contributed by atoms with Crippen LogP contribution in [0.3, 0.4) is 0 Å². The summed E-state index contributed by atoms with van der Waals surface area (Å²) in [5.41, 5.74) is 3.51. The van der Waals surface area contributed by atoms with E-state index in [2.05, 4.69) is 38.2 Å². The number of hydrogen-bond donors (Lipinski definition) is 1. The maximum atomic E-state index is 12.7. The Morgan fingerprint density at radius 1 is 1.03 bits per heavy atom. The molecule has 0 bridgehead atoms. The molecule has 1 aliphatic heterocycles. The third kappa shape index (κ3) is 4.84. The van der Waals surface area contributed by atoms with Gasteiger partial charge in [-0.05, 0) is 40.8 Å². The van der Waals surface area contributed by atoms with Crippen molar-refractivity contribution in [3.63, 3.8) is 0 Å². The standard InChI is InChI=1S/C24H30N2O2S/c1-23(2,3)17-10-12-19(13-11-17)26-20(27)15-29-21(26)16-8-7-9-18(14-16)25-22(28)24(4,5)6/h7-14,21H,15H2,1-6H3,(H,25,28)/t21-/m1/s1. The molecule has 0 aliphatic carbocycles. The molecule has 29 heavy (non-hydrogen) atoms. The predicted octanol–water partition coefficient (Wildman–Crippen LogP) is 5.75. The van der Waals surface area contributed by atoms with Crippen LogP contribution in [0.4, 0.5) is 11.4 Å². The smallest absolute Gasteiger partial charge is 0.238 e. The molecule has 0 aromatic heterocycles. The highest BCUT2D eigenvalue weighted by Crippen LogP contribution is 2.42. The minimum absolute atomic E-state index is 0.0283. The predicted molar refractivity (Wildman–Crippen MR) is 122 cm³/mol. The van der Waals surface area contributed by atoms with Crippen molar-refractivity contribution in [1.29, 1.82) is 0 Å². The lowest BCUT2D eigenvalue weighted by Gasteiger charge is -2.26. The second-order valence-electron chi connectivity index (χ2n) is 9.55. The van der Waals surface area contributed by atoms with Crippen LogP contribution in [0.25, 0.3) is 0 Å². The summed E-state index contributed by atoms with van der Waals surface area (Å²) in [5.74, 6) is 0.525. The number of benzene rings is 2. The lowest BCUT2D eigenvalue weighted by molar-refractivity contribution is -0.123. The first-order valence-electron chi connectivity index (χ1n) is 9.92. The van der Waals surface area contributed by atoms with Crippen LogP contribution < -0.4 is 10.2 Å². The molecule has 1 fully saturated rings. The highest BCUT2D eigenvalue weighted by atomic mass is 32.2. The van der Waals surface area contributed by atoms with E-state index < -0.39 is 5.41 Å². The van der Waals surface area contributed by atoms with Crippen molar-refractivity contribution in [1.82, 2.24) is 0 Å². The van der Waals surface area contributed by atoms with Crippen molar-refractivity contribution in [2.24, 2.45) is 5.41 Å². The Balaban J connectivity index is 1.87. The van der Waals surface area contributed by atoms with Gasteiger partial charge in [0.2, 0.25) is 11.8 Å². The lowest BCUT2D eigenvalue weighted by Crippen LogP contribution is -2.29. The first-order valence-corrected chi connectivity index (χ1v) is 11.0. The average molecular weight is 411 g/mol. The molecule has 1 saturated heterocycles. The number of amides is 2.